The Bertz CT molecular complexity index is 472. The molecule has 20 heavy (non-hydrogen) atoms. The molecule has 3 N–H and O–H groups in total. The van der Waals surface area contributed by atoms with Crippen molar-refractivity contribution in [2.75, 3.05) is 6.54 Å². The van der Waals surface area contributed by atoms with E-state index in [2.05, 4.69) is 29.6 Å². The third kappa shape index (κ3) is 4.07. The molecule has 1 amide bonds. The SMILES string of the molecule is CC(C)(C)NC(=O)C(CN)Cc1ccccc1C1CC1. The van der Waals surface area contributed by atoms with Crippen LogP contribution in [-0.4, -0.2) is 18.0 Å². The van der Waals surface area contributed by atoms with Crippen LogP contribution < -0.4 is 11.1 Å². The number of amides is 1. The predicted molar refractivity (Wildman–Crippen MR) is 82.6 cm³/mol. The number of benzene rings is 1. The molecular formula is C17H26N2O. The molecular weight excluding hydrogens is 248 g/mol. The van der Waals surface area contributed by atoms with Gasteiger partial charge in [-0.3, -0.25) is 4.79 Å². The Morgan fingerprint density at radius 2 is 2.00 bits per heavy atom. The van der Waals surface area contributed by atoms with Gasteiger partial charge in [-0.05, 0) is 57.1 Å². The standard InChI is InChI=1S/C17H26N2O/c1-17(2,3)19-16(20)14(11-18)10-13-6-4-5-7-15(13)12-8-9-12/h4-7,12,14H,8-11,18H2,1-3H3,(H,19,20). The van der Waals surface area contributed by atoms with Crippen molar-refractivity contribution >= 4 is 5.91 Å². The van der Waals surface area contributed by atoms with Gasteiger partial charge in [0.05, 0.1) is 5.92 Å². The van der Waals surface area contributed by atoms with Crippen molar-refractivity contribution in [1.29, 1.82) is 0 Å². The van der Waals surface area contributed by atoms with E-state index in [1.807, 2.05) is 20.8 Å². The molecule has 110 valence electrons. The zero-order chi connectivity index (χ0) is 14.8. The number of nitrogens with two attached hydrogens (primary N) is 1. The zero-order valence-corrected chi connectivity index (χ0v) is 12.8. The first-order chi connectivity index (χ1) is 9.40. The molecule has 0 bridgehead atoms. The summed E-state index contributed by atoms with van der Waals surface area (Å²) in [7, 11) is 0. The van der Waals surface area contributed by atoms with Crippen LogP contribution in [0.1, 0.15) is 50.7 Å². The van der Waals surface area contributed by atoms with Gasteiger partial charge in [-0.1, -0.05) is 24.3 Å². The van der Waals surface area contributed by atoms with Gasteiger partial charge in [0.15, 0.2) is 0 Å². The fourth-order valence-electron chi connectivity index (χ4n) is 2.53. The van der Waals surface area contributed by atoms with Gasteiger partial charge in [0.25, 0.3) is 0 Å². The molecule has 1 saturated carbocycles. The average Bonchev–Trinajstić information content (AvgIpc) is 3.18. The van der Waals surface area contributed by atoms with Crippen molar-refractivity contribution in [3.8, 4) is 0 Å². The van der Waals surface area contributed by atoms with Gasteiger partial charge in [0.1, 0.15) is 0 Å². The molecule has 0 saturated heterocycles. The summed E-state index contributed by atoms with van der Waals surface area (Å²) in [5.74, 6) is 0.620. The van der Waals surface area contributed by atoms with E-state index in [0.717, 1.165) is 6.42 Å². The van der Waals surface area contributed by atoms with Crippen LogP contribution in [0.25, 0.3) is 0 Å². The third-order valence-electron chi connectivity index (χ3n) is 3.69. The quantitative estimate of drug-likeness (QED) is 0.867. The lowest BCUT2D eigenvalue weighted by atomic mass is 9.92. The molecule has 1 aliphatic rings. The van der Waals surface area contributed by atoms with Crippen molar-refractivity contribution in [3.63, 3.8) is 0 Å². The second-order valence-electron chi connectivity index (χ2n) is 6.85. The third-order valence-corrected chi connectivity index (χ3v) is 3.69. The summed E-state index contributed by atoms with van der Waals surface area (Å²) in [6.45, 7) is 6.38. The molecule has 2 rings (SSSR count). The Balaban J connectivity index is 2.08. The second-order valence-corrected chi connectivity index (χ2v) is 6.85. The van der Waals surface area contributed by atoms with Crippen molar-refractivity contribution < 1.29 is 4.79 Å². The molecule has 0 heterocycles. The van der Waals surface area contributed by atoms with Gasteiger partial charge in [0, 0.05) is 12.1 Å². The van der Waals surface area contributed by atoms with Crippen LogP contribution in [0, 0.1) is 5.92 Å². The van der Waals surface area contributed by atoms with Crippen molar-refractivity contribution in [2.24, 2.45) is 11.7 Å². The number of nitrogens with one attached hydrogen (secondary N) is 1. The highest BCUT2D eigenvalue weighted by Gasteiger charge is 2.28. The minimum Gasteiger partial charge on any atom is -0.351 e. The minimum absolute atomic E-state index is 0.0607. The monoisotopic (exact) mass is 274 g/mol. The number of carbonyl (C=O) groups excluding carboxylic acids is 1. The lowest BCUT2D eigenvalue weighted by Crippen LogP contribution is -2.46. The van der Waals surface area contributed by atoms with E-state index in [4.69, 9.17) is 5.73 Å². The largest absolute Gasteiger partial charge is 0.351 e. The number of hydrogen-bond acceptors (Lipinski definition) is 2. The van der Waals surface area contributed by atoms with Gasteiger partial charge in [-0.15, -0.1) is 0 Å². The minimum atomic E-state index is -0.208. The van der Waals surface area contributed by atoms with Gasteiger partial charge >= 0.3 is 0 Å². The van der Waals surface area contributed by atoms with E-state index in [-0.39, 0.29) is 17.4 Å². The molecule has 0 spiro atoms. The fourth-order valence-corrected chi connectivity index (χ4v) is 2.53. The highest BCUT2D eigenvalue weighted by atomic mass is 16.2. The normalized spacial score (nSPS) is 16.8. The highest BCUT2D eigenvalue weighted by Crippen LogP contribution is 2.42. The van der Waals surface area contributed by atoms with Crippen LogP contribution in [0.2, 0.25) is 0 Å². The van der Waals surface area contributed by atoms with Crippen molar-refractivity contribution in [1.82, 2.24) is 5.32 Å². The maximum absolute atomic E-state index is 12.3. The van der Waals surface area contributed by atoms with Gasteiger partial charge in [-0.2, -0.15) is 0 Å². The lowest BCUT2D eigenvalue weighted by Gasteiger charge is -2.25. The van der Waals surface area contributed by atoms with Crippen LogP contribution in [0.5, 0.6) is 0 Å². The summed E-state index contributed by atoms with van der Waals surface area (Å²) in [4.78, 5) is 12.3. The van der Waals surface area contributed by atoms with Crippen LogP contribution in [-0.2, 0) is 11.2 Å². The first-order valence-corrected chi connectivity index (χ1v) is 7.50. The molecule has 1 aromatic carbocycles. The topological polar surface area (TPSA) is 55.1 Å². The molecule has 3 heteroatoms. The summed E-state index contributed by atoms with van der Waals surface area (Å²) in [6.07, 6.45) is 3.29. The Morgan fingerprint density at radius 1 is 1.35 bits per heavy atom. The summed E-state index contributed by atoms with van der Waals surface area (Å²) < 4.78 is 0. The molecule has 0 radical (unpaired) electrons. The summed E-state index contributed by atoms with van der Waals surface area (Å²) >= 11 is 0. The first kappa shape index (κ1) is 15.0. The van der Waals surface area contributed by atoms with Gasteiger partial charge < -0.3 is 11.1 Å². The molecule has 1 aliphatic carbocycles. The smallest absolute Gasteiger partial charge is 0.225 e. The molecule has 3 nitrogen and oxygen atoms in total. The van der Waals surface area contributed by atoms with E-state index in [1.54, 1.807) is 0 Å². The number of rotatable bonds is 5. The highest BCUT2D eigenvalue weighted by molar-refractivity contribution is 5.80. The Kier molecular flexibility index (Phi) is 4.48. The Labute approximate surface area is 121 Å². The van der Waals surface area contributed by atoms with E-state index in [9.17, 15) is 4.79 Å². The van der Waals surface area contributed by atoms with Gasteiger partial charge in [-0.25, -0.2) is 0 Å². The van der Waals surface area contributed by atoms with Crippen LogP contribution >= 0.6 is 0 Å². The lowest BCUT2D eigenvalue weighted by molar-refractivity contribution is -0.126. The average molecular weight is 274 g/mol. The number of carbonyl (C=O) groups is 1. The van der Waals surface area contributed by atoms with Crippen LogP contribution in [0.3, 0.4) is 0 Å². The zero-order valence-electron chi connectivity index (χ0n) is 12.8. The van der Waals surface area contributed by atoms with Crippen molar-refractivity contribution in [2.45, 2.75) is 51.5 Å². The molecule has 1 unspecified atom stereocenters. The number of hydrogen-bond donors (Lipinski definition) is 2. The maximum atomic E-state index is 12.3. The molecule has 0 aliphatic heterocycles. The molecule has 0 aromatic heterocycles. The maximum Gasteiger partial charge on any atom is 0.225 e. The second kappa shape index (κ2) is 5.96. The molecule has 1 fully saturated rings. The van der Waals surface area contributed by atoms with E-state index >= 15 is 0 Å². The van der Waals surface area contributed by atoms with Crippen LogP contribution in [0.15, 0.2) is 24.3 Å². The van der Waals surface area contributed by atoms with Crippen LogP contribution in [0.4, 0.5) is 0 Å². The van der Waals surface area contributed by atoms with E-state index in [0.29, 0.717) is 12.5 Å². The van der Waals surface area contributed by atoms with Crippen molar-refractivity contribution in [3.05, 3.63) is 35.4 Å². The molecule has 1 aromatic rings. The summed E-state index contributed by atoms with van der Waals surface area (Å²) in [5.41, 5.74) is 8.31. The predicted octanol–water partition coefficient (Wildman–Crippen LogP) is 2.60. The van der Waals surface area contributed by atoms with E-state index in [1.165, 1.54) is 24.0 Å². The summed E-state index contributed by atoms with van der Waals surface area (Å²) in [5, 5.41) is 3.04. The molecule has 1 atom stereocenters. The Hall–Kier alpha value is -1.35. The summed E-state index contributed by atoms with van der Waals surface area (Å²) in [6, 6.07) is 8.48. The fraction of sp³-hybridized carbons (Fsp3) is 0.588. The first-order valence-electron chi connectivity index (χ1n) is 7.50. The Morgan fingerprint density at radius 3 is 2.55 bits per heavy atom. The van der Waals surface area contributed by atoms with E-state index < -0.39 is 0 Å². The van der Waals surface area contributed by atoms with Gasteiger partial charge in [0.2, 0.25) is 5.91 Å².